The third kappa shape index (κ3) is 11.6. The van der Waals surface area contributed by atoms with Gasteiger partial charge in [0.05, 0.1) is 0 Å². The fourth-order valence-corrected chi connectivity index (χ4v) is 2.19. The fraction of sp³-hybridized carbons (Fsp3) is 0.875. The zero-order valence-corrected chi connectivity index (χ0v) is 11.8. The second kappa shape index (κ2) is 13.4. The summed E-state index contributed by atoms with van der Waals surface area (Å²) in [7, 11) is 0. The van der Waals surface area contributed by atoms with E-state index in [9.17, 15) is 0 Å². The van der Waals surface area contributed by atoms with Gasteiger partial charge in [0, 0.05) is 5.92 Å². The summed E-state index contributed by atoms with van der Waals surface area (Å²) in [6.45, 7) is 4.47. The van der Waals surface area contributed by atoms with Crippen molar-refractivity contribution in [3.05, 3.63) is 0 Å². The lowest BCUT2D eigenvalue weighted by molar-refractivity contribution is 0.472. The summed E-state index contributed by atoms with van der Waals surface area (Å²) in [5, 5.41) is 8.70. The van der Waals surface area contributed by atoms with E-state index in [2.05, 4.69) is 25.9 Å². The van der Waals surface area contributed by atoms with Crippen LogP contribution in [0.4, 0.5) is 0 Å². The molecule has 0 aromatic heterocycles. The third-order valence-corrected chi connectivity index (χ3v) is 3.33. The van der Waals surface area contributed by atoms with Crippen molar-refractivity contribution in [3.63, 3.8) is 0 Å². The van der Waals surface area contributed by atoms with E-state index in [1.54, 1.807) is 0 Å². The Kier molecular flexibility index (Phi) is 12.9. The average molecular weight is 238 g/mol. The first-order valence-electron chi connectivity index (χ1n) is 7.49. The zero-order chi connectivity index (χ0) is 12.8. The molecule has 1 heteroatoms. The lowest BCUT2D eigenvalue weighted by atomic mass is 9.95. The molecule has 0 aliphatic heterocycles. The molecule has 0 rings (SSSR count). The van der Waals surface area contributed by atoms with Gasteiger partial charge in [-0.1, -0.05) is 77.6 Å². The predicted molar refractivity (Wildman–Crippen MR) is 75.3 cm³/mol. The fourth-order valence-electron chi connectivity index (χ4n) is 2.19. The van der Waals surface area contributed by atoms with Crippen LogP contribution in [-0.2, 0) is 0 Å². The summed E-state index contributed by atoms with van der Waals surface area (Å²) in [6, 6.07) is 0. The van der Waals surface area contributed by atoms with Crippen molar-refractivity contribution in [3.8, 4) is 12.0 Å². The van der Waals surface area contributed by atoms with E-state index in [4.69, 9.17) is 5.11 Å². The molecule has 1 N–H and O–H groups in total. The molecule has 0 saturated heterocycles. The Balaban J connectivity index is 3.51. The Labute approximate surface area is 108 Å². The van der Waals surface area contributed by atoms with Crippen LogP contribution in [0.3, 0.4) is 0 Å². The number of hydrogen-bond donors (Lipinski definition) is 1. The molecule has 0 bridgehead atoms. The van der Waals surface area contributed by atoms with E-state index in [0.717, 1.165) is 6.42 Å². The molecule has 17 heavy (non-hydrogen) atoms. The monoisotopic (exact) mass is 238 g/mol. The average Bonchev–Trinajstić information content (AvgIpc) is 2.34. The van der Waals surface area contributed by atoms with Crippen LogP contribution in [0.25, 0.3) is 0 Å². The molecule has 0 aliphatic rings. The van der Waals surface area contributed by atoms with E-state index in [0.29, 0.717) is 5.92 Å². The highest BCUT2D eigenvalue weighted by Gasteiger charge is 2.04. The number of aliphatic hydroxyl groups is 1. The quantitative estimate of drug-likeness (QED) is 0.384. The largest absolute Gasteiger partial charge is 0.462 e. The first-order chi connectivity index (χ1) is 8.35. The Bertz CT molecular complexity index is 199. The summed E-state index contributed by atoms with van der Waals surface area (Å²) >= 11 is 0. The number of rotatable bonds is 11. The van der Waals surface area contributed by atoms with Gasteiger partial charge in [-0.15, -0.1) is 0 Å². The van der Waals surface area contributed by atoms with Crippen molar-refractivity contribution < 1.29 is 5.11 Å². The SMILES string of the molecule is CCCCCCCCC(C#CO)CCCCC. The molecule has 0 spiro atoms. The maximum atomic E-state index is 8.70. The molecule has 100 valence electrons. The molecule has 0 aromatic carbocycles. The minimum Gasteiger partial charge on any atom is -0.462 e. The minimum absolute atomic E-state index is 0.428. The van der Waals surface area contributed by atoms with E-state index < -0.39 is 0 Å². The zero-order valence-electron chi connectivity index (χ0n) is 11.8. The third-order valence-electron chi connectivity index (χ3n) is 3.33. The van der Waals surface area contributed by atoms with Crippen LogP contribution in [0.2, 0.25) is 0 Å². The molecule has 0 fully saturated rings. The normalized spacial score (nSPS) is 11.9. The van der Waals surface area contributed by atoms with Crippen LogP contribution in [0.5, 0.6) is 0 Å². The summed E-state index contributed by atoms with van der Waals surface area (Å²) in [4.78, 5) is 0. The van der Waals surface area contributed by atoms with Gasteiger partial charge in [-0.25, -0.2) is 0 Å². The Morgan fingerprint density at radius 1 is 0.765 bits per heavy atom. The van der Waals surface area contributed by atoms with Crippen molar-refractivity contribution in [1.29, 1.82) is 0 Å². The van der Waals surface area contributed by atoms with Gasteiger partial charge in [0.1, 0.15) is 6.11 Å². The first kappa shape index (κ1) is 16.4. The molecule has 0 amide bonds. The van der Waals surface area contributed by atoms with Gasteiger partial charge in [-0.3, -0.25) is 0 Å². The predicted octanol–water partition coefficient (Wildman–Crippen LogP) is 5.27. The van der Waals surface area contributed by atoms with Gasteiger partial charge >= 0.3 is 0 Å². The first-order valence-corrected chi connectivity index (χ1v) is 7.49. The van der Waals surface area contributed by atoms with Gasteiger partial charge in [0.25, 0.3) is 0 Å². The maximum Gasteiger partial charge on any atom is 0.107 e. The lowest BCUT2D eigenvalue weighted by Crippen LogP contribution is -1.98. The van der Waals surface area contributed by atoms with Crippen molar-refractivity contribution in [2.45, 2.75) is 84.5 Å². The van der Waals surface area contributed by atoms with E-state index in [1.165, 1.54) is 64.2 Å². The van der Waals surface area contributed by atoms with Gasteiger partial charge in [-0.05, 0) is 12.8 Å². The number of aliphatic hydroxyl groups excluding tert-OH is 1. The van der Waals surface area contributed by atoms with E-state index in [1.807, 2.05) is 0 Å². The Hall–Kier alpha value is -0.640. The molecular weight excluding hydrogens is 208 g/mol. The molecule has 1 unspecified atom stereocenters. The number of unbranched alkanes of at least 4 members (excludes halogenated alkanes) is 7. The highest BCUT2D eigenvalue weighted by Crippen LogP contribution is 2.17. The molecule has 0 saturated carbocycles. The highest BCUT2D eigenvalue weighted by molar-refractivity contribution is 4.96. The summed E-state index contributed by atoms with van der Waals surface area (Å²) in [5.41, 5.74) is 0. The lowest BCUT2D eigenvalue weighted by Gasteiger charge is -2.09. The second-order valence-electron chi connectivity index (χ2n) is 5.01. The van der Waals surface area contributed by atoms with Crippen molar-refractivity contribution in [2.75, 3.05) is 0 Å². The number of hydrogen-bond acceptors (Lipinski definition) is 1. The van der Waals surface area contributed by atoms with Crippen LogP contribution in [0.15, 0.2) is 0 Å². The van der Waals surface area contributed by atoms with Gasteiger partial charge in [-0.2, -0.15) is 0 Å². The van der Waals surface area contributed by atoms with Gasteiger partial charge < -0.3 is 5.11 Å². The van der Waals surface area contributed by atoms with Crippen LogP contribution >= 0.6 is 0 Å². The van der Waals surface area contributed by atoms with Crippen molar-refractivity contribution >= 4 is 0 Å². The molecule has 0 aromatic rings. The van der Waals surface area contributed by atoms with Crippen molar-refractivity contribution in [1.82, 2.24) is 0 Å². The van der Waals surface area contributed by atoms with E-state index >= 15 is 0 Å². The van der Waals surface area contributed by atoms with Crippen LogP contribution in [0.1, 0.15) is 84.5 Å². The van der Waals surface area contributed by atoms with Crippen molar-refractivity contribution in [2.24, 2.45) is 5.92 Å². The molecule has 0 radical (unpaired) electrons. The topological polar surface area (TPSA) is 20.2 Å². The molecule has 0 heterocycles. The molecule has 0 aliphatic carbocycles. The molecular formula is C16H30O. The summed E-state index contributed by atoms with van der Waals surface area (Å²) in [6.07, 6.45) is 16.3. The highest BCUT2D eigenvalue weighted by atomic mass is 16.2. The Morgan fingerprint density at radius 2 is 1.24 bits per heavy atom. The minimum atomic E-state index is 0.428. The van der Waals surface area contributed by atoms with Crippen LogP contribution in [0, 0.1) is 17.9 Å². The van der Waals surface area contributed by atoms with Gasteiger partial charge in [0.2, 0.25) is 0 Å². The van der Waals surface area contributed by atoms with E-state index in [-0.39, 0.29) is 0 Å². The smallest absolute Gasteiger partial charge is 0.107 e. The molecule has 1 atom stereocenters. The van der Waals surface area contributed by atoms with Crippen LogP contribution < -0.4 is 0 Å². The maximum absolute atomic E-state index is 8.70. The van der Waals surface area contributed by atoms with Crippen LogP contribution in [-0.4, -0.2) is 5.11 Å². The van der Waals surface area contributed by atoms with Gasteiger partial charge in [0.15, 0.2) is 0 Å². The second-order valence-corrected chi connectivity index (χ2v) is 5.01. The molecule has 1 nitrogen and oxygen atoms in total. The standard InChI is InChI=1S/C16H30O/c1-3-5-7-8-9-11-13-16(14-15-17)12-10-6-4-2/h16-17H,3-13H2,1-2H3. The summed E-state index contributed by atoms with van der Waals surface area (Å²) < 4.78 is 0. The Morgan fingerprint density at radius 3 is 1.82 bits per heavy atom. The summed E-state index contributed by atoms with van der Waals surface area (Å²) in [5.74, 6) is 3.38.